The lowest BCUT2D eigenvalue weighted by atomic mass is 10.1. The minimum absolute atomic E-state index is 0.0574. The fraction of sp³-hybridized carbons (Fsp3) is 0.333. The van der Waals surface area contributed by atoms with Crippen molar-refractivity contribution >= 4 is 56.0 Å². The van der Waals surface area contributed by atoms with E-state index in [1.54, 1.807) is 12.1 Å². The Kier molecular flexibility index (Phi) is 7.42. The van der Waals surface area contributed by atoms with Crippen molar-refractivity contribution in [2.75, 3.05) is 25.6 Å². The molecule has 0 bridgehead atoms. The van der Waals surface area contributed by atoms with E-state index >= 15 is 0 Å². The second kappa shape index (κ2) is 10.5. The molecular weight excluding hydrogens is 514 g/mol. The van der Waals surface area contributed by atoms with Crippen LogP contribution in [0.4, 0.5) is 11.4 Å². The molecule has 0 radical (unpaired) electrons. The third-order valence-electron chi connectivity index (χ3n) is 5.58. The van der Waals surface area contributed by atoms with Crippen molar-refractivity contribution in [3.63, 3.8) is 0 Å². The number of fused-ring (bicyclic) bond motifs is 1. The smallest absolute Gasteiger partial charge is 0.324 e. The first-order chi connectivity index (χ1) is 17.2. The molecule has 13 nitrogen and oxygen atoms in total. The van der Waals surface area contributed by atoms with Gasteiger partial charge in [0.15, 0.2) is 6.61 Å². The van der Waals surface area contributed by atoms with Crippen LogP contribution in [0.3, 0.4) is 0 Å². The zero-order valence-corrected chi connectivity index (χ0v) is 20.6. The summed E-state index contributed by atoms with van der Waals surface area (Å²) in [5.74, 6) is -1.48. The highest BCUT2D eigenvalue weighted by molar-refractivity contribution is 7.89. The van der Waals surface area contributed by atoms with E-state index in [1.807, 2.05) is 0 Å². The number of benzene rings is 2. The molecule has 1 atom stereocenters. The average Bonchev–Trinajstić information content (AvgIpc) is 3.36. The van der Waals surface area contributed by atoms with Gasteiger partial charge in [0.05, 0.1) is 29.8 Å². The average molecular weight is 536 g/mol. The van der Waals surface area contributed by atoms with E-state index in [9.17, 15) is 28.1 Å². The third-order valence-corrected chi connectivity index (χ3v) is 8.06. The number of nitrogens with one attached hydrogen (secondary N) is 1. The number of carbonyl (C=O) groups is 2. The third kappa shape index (κ3) is 5.12. The lowest BCUT2D eigenvalue weighted by Gasteiger charge is -2.32. The number of carbonyl (C=O) groups excluding carboxylic acids is 2. The zero-order valence-electron chi connectivity index (χ0n) is 18.9. The molecule has 2 aromatic carbocycles. The highest BCUT2D eigenvalue weighted by Gasteiger charge is 2.40. The second-order valence-electron chi connectivity index (χ2n) is 7.81. The largest absolute Gasteiger partial charge is 0.496 e. The van der Waals surface area contributed by atoms with Gasteiger partial charge in [-0.05, 0) is 43.5 Å². The van der Waals surface area contributed by atoms with Gasteiger partial charge in [0.2, 0.25) is 10.0 Å². The summed E-state index contributed by atoms with van der Waals surface area (Å²) >= 11 is 0.885. The summed E-state index contributed by atoms with van der Waals surface area (Å²) in [7, 11) is -2.77. The molecule has 1 N–H and O–H groups in total. The molecule has 0 spiro atoms. The summed E-state index contributed by atoms with van der Waals surface area (Å²) in [6.07, 6.45) is 1.36. The molecule has 1 aromatic heterocycles. The molecular formula is C21H21N5O8S2. The van der Waals surface area contributed by atoms with E-state index in [1.165, 1.54) is 25.3 Å². The van der Waals surface area contributed by atoms with Crippen LogP contribution in [0.1, 0.15) is 19.3 Å². The van der Waals surface area contributed by atoms with Crippen molar-refractivity contribution in [1.29, 1.82) is 0 Å². The number of ether oxygens (including phenoxy) is 2. The first-order valence-electron chi connectivity index (χ1n) is 10.7. The van der Waals surface area contributed by atoms with Crippen LogP contribution < -0.4 is 10.1 Å². The summed E-state index contributed by atoms with van der Waals surface area (Å²) in [6, 6.07) is 7.34. The fourth-order valence-electron chi connectivity index (χ4n) is 3.86. The minimum Gasteiger partial charge on any atom is -0.496 e. The normalized spacial score (nSPS) is 16.4. The van der Waals surface area contributed by atoms with Crippen LogP contribution >= 0.6 is 11.7 Å². The van der Waals surface area contributed by atoms with Crippen molar-refractivity contribution < 1.29 is 32.4 Å². The molecule has 2 heterocycles. The van der Waals surface area contributed by atoms with Crippen LogP contribution in [0.15, 0.2) is 41.3 Å². The van der Waals surface area contributed by atoms with E-state index in [4.69, 9.17) is 9.47 Å². The van der Waals surface area contributed by atoms with Gasteiger partial charge < -0.3 is 14.8 Å². The van der Waals surface area contributed by atoms with Crippen molar-refractivity contribution in [3.8, 4) is 5.75 Å². The minimum atomic E-state index is -4.11. The van der Waals surface area contributed by atoms with Gasteiger partial charge in [-0.2, -0.15) is 13.1 Å². The molecule has 0 saturated carbocycles. The predicted octanol–water partition coefficient (Wildman–Crippen LogP) is 2.33. The predicted molar refractivity (Wildman–Crippen MR) is 128 cm³/mol. The number of methoxy groups -OCH3 is 1. The summed E-state index contributed by atoms with van der Waals surface area (Å²) in [5.41, 5.74) is 0.153. The zero-order chi connectivity index (χ0) is 25.9. The molecule has 1 fully saturated rings. The Morgan fingerprint density at radius 1 is 1.25 bits per heavy atom. The van der Waals surface area contributed by atoms with Crippen LogP contribution in [-0.4, -0.2) is 64.6 Å². The molecule has 1 unspecified atom stereocenters. The number of aromatic nitrogens is 2. The van der Waals surface area contributed by atoms with Crippen LogP contribution in [-0.2, 0) is 24.3 Å². The number of sulfonamides is 1. The van der Waals surface area contributed by atoms with Gasteiger partial charge in [-0.15, -0.1) is 0 Å². The van der Waals surface area contributed by atoms with Gasteiger partial charge in [0.25, 0.3) is 11.6 Å². The van der Waals surface area contributed by atoms with Crippen LogP contribution in [0.5, 0.6) is 5.75 Å². The van der Waals surface area contributed by atoms with Crippen LogP contribution in [0, 0.1) is 10.1 Å². The molecule has 1 aliphatic heterocycles. The first-order valence-corrected chi connectivity index (χ1v) is 12.9. The molecule has 1 saturated heterocycles. The number of nitro benzene ring substituents is 1. The van der Waals surface area contributed by atoms with Gasteiger partial charge in [0, 0.05) is 6.54 Å². The van der Waals surface area contributed by atoms with Crippen LogP contribution in [0.25, 0.3) is 11.0 Å². The lowest BCUT2D eigenvalue weighted by molar-refractivity contribution is -0.384. The molecule has 3 aromatic rings. The van der Waals surface area contributed by atoms with Crippen LogP contribution in [0.2, 0.25) is 0 Å². The summed E-state index contributed by atoms with van der Waals surface area (Å²) < 4.78 is 46.2. The van der Waals surface area contributed by atoms with Crippen molar-refractivity contribution in [3.05, 3.63) is 46.5 Å². The maximum Gasteiger partial charge on any atom is 0.324 e. The highest BCUT2D eigenvalue weighted by Crippen LogP contribution is 2.31. The van der Waals surface area contributed by atoms with E-state index in [-0.39, 0.29) is 34.8 Å². The Labute approximate surface area is 209 Å². The topological polar surface area (TPSA) is 171 Å². The lowest BCUT2D eigenvalue weighted by Crippen LogP contribution is -2.49. The Balaban J connectivity index is 1.47. The van der Waals surface area contributed by atoms with Gasteiger partial charge in [-0.1, -0.05) is 6.07 Å². The van der Waals surface area contributed by atoms with Crippen molar-refractivity contribution in [2.24, 2.45) is 0 Å². The quantitative estimate of drug-likeness (QED) is 0.256. The number of nitrogens with zero attached hydrogens (tertiary/aromatic N) is 4. The second-order valence-corrected chi connectivity index (χ2v) is 10.2. The standard InChI is InChI=1S/C21H21N5O8S2/c1-33-13-8-9-14(17(11-13)26(29)30)22-19(27)12-34-21(28)16-6-2-3-10-25(16)36(31,32)18-7-4-5-15-20(18)24-35-23-15/h4-5,7-9,11,16H,2-3,6,10,12H2,1H3,(H,22,27). The highest BCUT2D eigenvalue weighted by atomic mass is 32.2. The number of piperidine rings is 1. The summed E-state index contributed by atoms with van der Waals surface area (Å²) in [5, 5.41) is 13.6. The molecule has 36 heavy (non-hydrogen) atoms. The Morgan fingerprint density at radius 2 is 2.06 bits per heavy atom. The van der Waals surface area contributed by atoms with E-state index < -0.39 is 45.2 Å². The molecule has 0 aliphatic carbocycles. The maximum absolute atomic E-state index is 13.4. The van der Waals surface area contributed by atoms with E-state index in [2.05, 4.69) is 14.1 Å². The van der Waals surface area contributed by atoms with Gasteiger partial charge in [-0.3, -0.25) is 19.7 Å². The number of nitro groups is 1. The number of esters is 1. The Bertz CT molecular complexity index is 1420. The van der Waals surface area contributed by atoms with Gasteiger partial charge >= 0.3 is 5.97 Å². The SMILES string of the molecule is COc1ccc(NC(=O)COC(=O)C2CCCCN2S(=O)(=O)c2cccc3nsnc23)c([N+](=O)[O-])c1. The number of hydrogen-bond donors (Lipinski definition) is 1. The summed E-state index contributed by atoms with van der Waals surface area (Å²) in [6.45, 7) is -0.654. The van der Waals surface area contributed by atoms with Crippen molar-refractivity contribution in [2.45, 2.75) is 30.2 Å². The molecule has 4 rings (SSSR count). The summed E-state index contributed by atoms with van der Waals surface area (Å²) in [4.78, 5) is 35.8. The fourth-order valence-corrected chi connectivity index (χ4v) is 6.26. The first kappa shape index (κ1) is 25.4. The maximum atomic E-state index is 13.4. The molecule has 190 valence electrons. The van der Waals surface area contributed by atoms with E-state index in [0.717, 1.165) is 22.1 Å². The number of amides is 1. The number of hydrogen-bond acceptors (Lipinski definition) is 11. The molecule has 1 amide bonds. The number of anilines is 1. The molecule has 1 aliphatic rings. The monoisotopic (exact) mass is 535 g/mol. The van der Waals surface area contributed by atoms with E-state index in [0.29, 0.717) is 18.4 Å². The number of rotatable bonds is 8. The molecule has 15 heteroatoms. The van der Waals surface area contributed by atoms with Crippen molar-refractivity contribution in [1.82, 2.24) is 13.1 Å². The van der Waals surface area contributed by atoms with Gasteiger partial charge in [0.1, 0.15) is 33.4 Å². The van der Waals surface area contributed by atoms with Gasteiger partial charge in [-0.25, -0.2) is 8.42 Å². The Morgan fingerprint density at radius 3 is 2.81 bits per heavy atom. The Hall–Kier alpha value is -3.69.